The Morgan fingerprint density at radius 3 is 2.56 bits per heavy atom. The molecule has 1 aliphatic heterocycles. The maximum absolute atomic E-state index is 12.1. The molecule has 106 valence electrons. The Kier molecular flexibility index (Phi) is 6.06. The van der Waals surface area contributed by atoms with Gasteiger partial charge < -0.3 is 20.3 Å². The van der Waals surface area contributed by atoms with E-state index in [0.29, 0.717) is 13.1 Å². The number of likely N-dealkylation sites (N-methyl/N-ethyl adjacent to an activating group) is 1. The zero-order valence-corrected chi connectivity index (χ0v) is 12.1. The number of amides is 2. The van der Waals surface area contributed by atoms with E-state index in [0.717, 1.165) is 0 Å². The first kappa shape index (κ1) is 17.2. The van der Waals surface area contributed by atoms with Crippen molar-refractivity contribution in [2.45, 2.75) is 25.4 Å². The summed E-state index contributed by atoms with van der Waals surface area (Å²) in [6.45, 7) is 4.68. The van der Waals surface area contributed by atoms with E-state index < -0.39 is 11.6 Å². The van der Waals surface area contributed by atoms with E-state index in [1.807, 2.05) is 0 Å². The number of hydrogen-bond donors (Lipinski definition) is 1. The molecule has 1 unspecified atom stereocenters. The molecule has 1 rings (SSSR count). The first-order valence-electron chi connectivity index (χ1n) is 5.64. The number of halogens is 1. The maximum Gasteiger partial charge on any atom is 0.247 e. The van der Waals surface area contributed by atoms with Crippen LogP contribution in [0.25, 0.3) is 0 Å². The number of methoxy groups -OCH3 is 1. The van der Waals surface area contributed by atoms with E-state index in [9.17, 15) is 9.59 Å². The van der Waals surface area contributed by atoms with Crippen molar-refractivity contribution in [2.75, 3.05) is 33.9 Å². The van der Waals surface area contributed by atoms with E-state index in [-0.39, 0.29) is 30.8 Å². The molecule has 1 atom stereocenters. The Bertz CT molecular complexity index is 323. The molecule has 0 radical (unpaired) electrons. The lowest BCUT2D eigenvalue weighted by molar-refractivity contribution is -0.158. The van der Waals surface area contributed by atoms with Gasteiger partial charge in [-0.15, -0.1) is 12.4 Å². The normalized spacial score (nSPS) is 20.4. The first-order valence-corrected chi connectivity index (χ1v) is 5.64. The van der Waals surface area contributed by atoms with Gasteiger partial charge in [0.05, 0.1) is 6.61 Å². The predicted molar refractivity (Wildman–Crippen MR) is 70.5 cm³/mol. The molecular formula is C11H22ClN3O3. The van der Waals surface area contributed by atoms with Crippen molar-refractivity contribution in [3.05, 3.63) is 0 Å². The fourth-order valence-electron chi connectivity index (χ4n) is 2.05. The monoisotopic (exact) mass is 279 g/mol. The van der Waals surface area contributed by atoms with Crippen LogP contribution < -0.4 is 5.73 Å². The van der Waals surface area contributed by atoms with E-state index in [1.165, 1.54) is 7.11 Å². The van der Waals surface area contributed by atoms with Gasteiger partial charge in [-0.25, -0.2) is 0 Å². The molecule has 6 nitrogen and oxygen atoms in total. The SMILES string of the molecule is COCC(N)C(=O)N1CCN(C)C(=O)C1(C)C.Cl. The molecule has 0 aromatic heterocycles. The summed E-state index contributed by atoms with van der Waals surface area (Å²) in [7, 11) is 3.23. The largest absolute Gasteiger partial charge is 0.383 e. The number of nitrogens with zero attached hydrogens (tertiary/aromatic N) is 2. The second kappa shape index (κ2) is 6.36. The molecule has 0 spiro atoms. The zero-order valence-electron chi connectivity index (χ0n) is 11.3. The molecule has 18 heavy (non-hydrogen) atoms. The molecule has 0 saturated carbocycles. The van der Waals surface area contributed by atoms with Crippen LogP contribution in [0.4, 0.5) is 0 Å². The van der Waals surface area contributed by atoms with Gasteiger partial charge in [0, 0.05) is 27.2 Å². The minimum atomic E-state index is -0.838. The third-order valence-electron chi connectivity index (χ3n) is 3.13. The summed E-state index contributed by atoms with van der Waals surface area (Å²) in [5, 5.41) is 0. The minimum absolute atomic E-state index is 0. The van der Waals surface area contributed by atoms with Gasteiger partial charge in [-0.3, -0.25) is 9.59 Å². The van der Waals surface area contributed by atoms with Crippen LogP contribution in [0.1, 0.15) is 13.8 Å². The quantitative estimate of drug-likeness (QED) is 0.753. The molecule has 1 aliphatic rings. The predicted octanol–water partition coefficient (Wildman–Crippen LogP) is -0.539. The molecule has 0 aromatic rings. The molecule has 1 saturated heterocycles. The Hall–Kier alpha value is -0.850. The van der Waals surface area contributed by atoms with Crippen LogP contribution >= 0.6 is 12.4 Å². The molecule has 7 heteroatoms. The average Bonchev–Trinajstić information content (AvgIpc) is 2.26. The van der Waals surface area contributed by atoms with Crippen molar-refractivity contribution in [2.24, 2.45) is 5.73 Å². The molecule has 0 aromatic carbocycles. The zero-order chi connectivity index (χ0) is 13.2. The lowest BCUT2D eigenvalue weighted by atomic mass is 9.97. The summed E-state index contributed by atoms with van der Waals surface area (Å²) in [6, 6.07) is -0.713. The lowest BCUT2D eigenvalue weighted by Gasteiger charge is -2.45. The van der Waals surface area contributed by atoms with Crippen LogP contribution in [0.15, 0.2) is 0 Å². The third kappa shape index (κ3) is 3.13. The third-order valence-corrected chi connectivity index (χ3v) is 3.13. The Morgan fingerprint density at radius 2 is 2.06 bits per heavy atom. The Balaban J connectivity index is 0.00000289. The van der Waals surface area contributed by atoms with Gasteiger partial charge in [0.2, 0.25) is 11.8 Å². The van der Waals surface area contributed by atoms with Crippen molar-refractivity contribution in [1.82, 2.24) is 9.80 Å². The molecule has 2 N–H and O–H groups in total. The van der Waals surface area contributed by atoms with E-state index in [4.69, 9.17) is 10.5 Å². The van der Waals surface area contributed by atoms with Gasteiger partial charge in [-0.05, 0) is 13.8 Å². The smallest absolute Gasteiger partial charge is 0.247 e. The van der Waals surface area contributed by atoms with Gasteiger partial charge >= 0.3 is 0 Å². The summed E-state index contributed by atoms with van der Waals surface area (Å²) in [5.74, 6) is -0.306. The first-order chi connectivity index (χ1) is 7.82. The van der Waals surface area contributed by atoms with Crippen LogP contribution in [0.2, 0.25) is 0 Å². The molecule has 0 aliphatic carbocycles. The second-order valence-electron chi connectivity index (χ2n) is 4.84. The van der Waals surface area contributed by atoms with E-state index in [2.05, 4.69) is 0 Å². The van der Waals surface area contributed by atoms with Crippen LogP contribution in [0, 0.1) is 0 Å². The number of ether oxygens (including phenoxy) is 1. The van der Waals surface area contributed by atoms with Gasteiger partial charge in [-0.1, -0.05) is 0 Å². The highest BCUT2D eigenvalue weighted by atomic mass is 35.5. The highest BCUT2D eigenvalue weighted by molar-refractivity contribution is 5.93. The van der Waals surface area contributed by atoms with Crippen molar-refractivity contribution in [1.29, 1.82) is 0 Å². The summed E-state index contributed by atoms with van der Waals surface area (Å²) < 4.78 is 4.86. The van der Waals surface area contributed by atoms with E-state index in [1.54, 1.807) is 30.7 Å². The average molecular weight is 280 g/mol. The van der Waals surface area contributed by atoms with Gasteiger partial charge in [0.25, 0.3) is 0 Å². The number of carbonyl (C=O) groups is 2. The molecule has 1 fully saturated rings. The number of nitrogens with two attached hydrogens (primary N) is 1. The molecule has 1 heterocycles. The highest BCUT2D eigenvalue weighted by Gasteiger charge is 2.43. The van der Waals surface area contributed by atoms with Gasteiger partial charge in [0.1, 0.15) is 11.6 Å². The van der Waals surface area contributed by atoms with Crippen molar-refractivity contribution >= 4 is 24.2 Å². The summed E-state index contributed by atoms with van der Waals surface area (Å²) in [6.07, 6.45) is 0. The topological polar surface area (TPSA) is 75.9 Å². The summed E-state index contributed by atoms with van der Waals surface area (Å²) in [5.41, 5.74) is 4.88. The Morgan fingerprint density at radius 1 is 1.50 bits per heavy atom. The fourth-order valence-corrected chi connectivity index (χ4v) is 2.05. The minimum Gasteiger partial charge on any atom is -0.383 e. The number of carbonyl (C=O) groups excluding carboxylic acids is 2. The number of piperazine rings is 1. The molecule has 0 bridgehead atoms. The van der Waals surface area contributed by atoms with Crippen LogP contribution in [0.3, 0.4) is 0 Å². The second-order valence-corrected chi connectivity index (χ2v) is 4.84. The fraction of sp³-hybridized carbons (Fsp3) is 0.818. The van der Waals surface area contributed by atoms with Crippen molar-refractivity contribution in [3.8, 4) is 0 Å². The van der Waals surface area contributed by atoms with Crippen molar-refractivity contribution in [3.63, 3.8) is 0 Å². The molecule has 2 amide bonds. The van der Waals surface area contributed by atoms with E-state index >= 15 is 0 Å². The summed E-state index contributed by atoms with van der Waals surface area (Å²) in [4.78, 5) is 27.3. The van der Waals surface area contributed by atoms with Crippen LogP contribution in [0.5, 0.6) is 0 Å². The van der Waals surface area contributed by atoms with Crippen LogP contribution in [-0.4, -0.2) is 67.0 Å². The number of rotatable bonds is 3. The summed E-state index contributed by atoms with van der Waals surface area (Å²) >= 11 is 0. The highest BCUT2D eigenvalue weighted by Crippen LogP contribution is 2.22. The van der Waals surface area contributed by atoms with Gasteiger partial charge in [0.15, 0.2) is 0 Å². The standard InChI is InChI=1S/C11H21N3O3.ClH/c1-11(2)10(16)13(3)5-6-14(11)9(15)8(12)7-17-4;/h8H,5-7,12H2,1-4H3;1H. The molecular weight excluding hydrogens is 258 g/mol. The maximum atomic E-state index is 12.1. The Labute approximate surface area is 114 Å². The van der Waals surface area contributed by atoms with Crippen molar-refractivity contribution < 1.29 is 14.3 Å². The van der Waals surface area contributed by atoms with Gasteiger partial charge in [-0.2, -0.15) is 0 Å². The lowest BCUT2D eigenvalue weighted by Crippen LogP contribution is -2.66. The van der Waals surface area contributed by atoms with Crippen LogP contribution in [-0.2, 0) is 14.3 Å². The number of hydrogen-bond acceptors (Lipinski definition) is 4.